The number of likely N-dealkylation sites (tertiary alicyclic amines) is 2. The highest BCUT2D eigenvalue weighted by Gasteiger charge is 2.37. The summed E-state index contributed by atoms with van der Waals surface area (Å²) in [6.45, 7) is 2.39. The van der Waals surface area contributed by atoms with Crippen LogP contribution >= 0.6 is 0 Å². The van der Waals surface area contributed by atoms with Crippen molar-refractivity contribution in [3.63, 3.8) is 0 Å². The number of nitrogens with zero attached hydrogens (tertiary/aromatic N) is 3. The predicted octanol–water partition coefficient (Wildman–Crippen LogP) is 1.98. The molecule has 0 unspecified atom stereocenters. The summed E-state index contributed by atoms with van der Waals surface area (Å²) in [7, 11) is 3.48. The molecule has 2 aliphatic heterocycles. The molecule has 2 saturated heterocycles. The Hall–Kier alpha value is -2.08. The van der Waals surface area contributed by atoms with E-state index in [0.29, 0.717) is 38.9 Å². The Morgan fingerprint density at radius 2 is 1.78 bits per heavy atom. The zero-order valence-electron chi connectivity index (χ0n) is 16.4. The van der Waals surface area contributed by atoms with Gasteiger partial charge in [-0.05, 0) is 31.2 Å². The molecular formula is C21H31N3O3. The van der Waals surface area contributed by atoms with Crippen molar-refractivity contribution in [2.24, 2.45) is 5.92 Å². The van der Waals surface area contributed by atoms with Gasteiger partial charge in [-0.1, -0.05) is 30.3 Å². The van der Waals surface area contributed by atoms with Gasteiger partial charge in [0.15, 0.2) is 0 Å². The molecule has 148 valence electrons. The lowest BCUT2D eigenvalue weighted by molar-refractivity contribution is -0.141. The van der Waals surface area contributed by atoms with Gasteiger partial charge in [-0.3, -0.25) is 4.79 Å². The summed E-state index contributed by atoms with van der Waals surface area (Å²) in [6.07, 6.45) is 3.52. The van der Waals surface area contributed by atoms with Crippen LogP contribution in [0.1, 0.15) is 31.2 Å². The first kappa shape index (κ1) is 19.7. The number of hydrogen-bond acceptors (Lipinski definition) is 3. The van der Waals surface area contributed by atoms with E-state index in [2.05, 4.69) is 0 Å². The number of carbonyl (C=O) groups excluding carboxylic acids is 2. The number of rotatable bonds is 3. The molecule has 2 heterocycles. The number of hydrogen-bond donors (Lipinski definition) is 1. The third-order valence-corrected chi connectivity index (χ3v) is 5.81. The molecule has 0 saturated carbocycles. The summed E-state index contributed by atoms with van der Waals surface area (Å²) in [4.78, 5) is 30.4. The summed E-state index contributed by atoms with van der Waals surface area (Å²) in [6, 6.07) is 10.00. The first-order valence-electron chi connectivity index (χ1n) is 9.89. The molecule has 1 aromatic carbocycles. The van der Waals surface area contributed by atoms with Crippen molar-refractivity contribution in [1.29, 1.82) is 0 Å². The molecule has 0 aromatic heterocycles. The molecule has 6 heteroatoms. The summed E-state index contributed by atoms with van der Waals surface area (Å²) >= 11 is 0. The van der Waals surface area contributed by atoms with Gasteiger partial charge in [0.1, 0.15) is 0 Å². The average molecular weight is 373 g/mol. The van der Waals surface area contributed by atoms with E-state index < -0.39 is 5.60 Å². The number of carbonyl (C=O) groups is 2. The van der Waals surface area contributed by atoms with E-state index in [1.807, 2.05) is 35.2 Å². The van der Waals surface area contributed by atoms with Crippen LogP contribution in [0.25, 0.3) is 0 Å². The highest BCUT2D eigenvalue weighted by atomic mass is 16.3. The lowest BCUT2D eigenvalue weighted by atomic mass is 9.84. The fourth-order valence-corrected chi connectivity index (χ4v) is 4.19. The van der Waals surface area contributed by atoms with Crippen molar-refractivity contribution in [1.82, 2.24) is 14.7 Å². The molecule has 1 atom stereocenters. The molecule has 0 bridgehead atoms. The minimum absolute atomic E-state index is 0.0246. The zero-order chi connectivity index (χ0) is 19.4. The Labute approximate surface area is 161 Å². The molecule has 0 spiro atoms. The second-order valence-corrected chi connectivity index (χ2v) is 8.17. The third-order valence-electron chi connectivity index (χ3n) is 5.81. The van der Waals surface area contributed by atoms with Crippen LogP contribution in [0.3, 0.4) is 0 Å². The second kappa shape index (κ2) is 8.30. The fourth-order valence-electron chi connectivity index (χ4n) is 4.19. The van der Waals surface area contributed by atoms with Gasteiger partial charge in [-0.2, -0.15) is 0 Å². The van der Waals surface area contributed by atoms with Gasteiger partial charge in [0.25, 0.3) is 0 Å². The Kier molecular flexibility index (Phi) is 6.05. The minimum Gasteiger partial charge on any atom is -0.389 e. The van der Waals surface area contributed by atoms with E-state index >= 15 is 0 Å². The Balaban J connectivity index is 1.54. The van der Waals surface area contributed by atoms with E-state index in [1.54, 1.807) is 23.9 Å². The van der Waals surface area contributed by atoms with Crippen molar-refractivity contribution in [3.05, 3.63) is 35.9 Å². The quantitative estimate of drug-likeness (QED) is 0.881. The van der Waals surface area contributed by atoms with Gasteiger partial charge in [-0.25, -0.2) is 4.79 Å². The Morgan fingerprint density at radius 1 is 1.11 bits per heavy atom. The van der Waals surface area contributed by atoms with Crippen LogP contribution in [0.2, 0.25) is 0 Å². The van der Waals surface area contributed by atoms with Crippen LogP contribution < -0.4 is 0 Å². The molecular weight excluding hydrogens is 342 g/mol. The topological polar surface area (TPSA) is 64.1 Å². The molecule has 1 aromatic rings. The standard InChI is InChI=1S/C21H31N3O3/c1-22(2)20(26)24-12-6-9-18(16-24)19(25)23-13-10-21(27,11-14-23)15-17-7-4-3-5-8-17/h3-5,7-8,18,27H,6,9-16H2,1-2H3/t18-/m1/s1. The van der Waals surface area contributed by atoms with E-state index in [4.69, 9.17) is 0 Å². The maximum atomic E-state index is 13.0. The molecule has 0 radical (unpaired) electrons. The number of amides is 3. The van der Waals surface area contributed by atoms with Gasteiger partial charge in [0.05, 0.1) is 11.5 Å². The Morgan fingerprint density at radius 3 is 2.41 bits per heavy atom. The normalized spacial score (nSPS) is 22.4. The maximum absolute atomic E-state index is 13.0. The van der Waals surface area contributed by atoms with Crippen LogP contribution in [0, 0.1) is 5.92 Å². The fraction of sp³-hybridized carbons (Fsp3) is 0.619. The summed E-state index contributed by atoms with van der Waals surface area (Å²) < 4.78 is 0. The van der Waals surface area contributed by atoms with Gasteiger partial charge in [0, 0.05) is 46.7 Å². The predicted molar refractivity (Wildman–Crippen MR) is 104 cm³/mol. The van der Waals surface area contributed by atoms with Gasteiger partial charge in [0.2, 0.25) is 5.91 Å². The molecule has 3 amide bonds. The van der Waals surface area contributed by atoms with Crippen molar-refractivity contribution >= 4 is 11.9 Å². The summed E-state index contributed by atoms with van der Waals surface area (Å²) in [5, 5.41) is 10.9. The molecule has 1 N–H and O–H groups in total. The molecule has 27 heavy (non-hydrogen) atoms. The van der Waals surface area contributed by atoms with Crippen molar-refractivity contribution in [3.8, 4) is 0 Å². The van der Waals surface area contributed by atoms with Crippen LogP contribution in [0.4, 0.5) is 4.79 Å². The summed E-state index contributed by atoms with van der Waals surface area (Å²) in [5.74, 6) is 0.0102. The number of benzene rings is 1. The first-order chi connectivity index (χ1) is 12.9. The monoisotopic (exact) mass is 373 g/mol. The SMILES string of the molecule is CN(C)C(=O)N1CCC[C@@H](C(=O)N2CCC(O)(Cc3ccccc3)CC2)C1. The van der Waals surface area contributed by atoms with Crippen molar-refractivity contribution in [2.75, 3.05) is 40.3 Å². The summed E-state index contributed by atoms with van der Waals surface area (Å²) in [5.41, 5.74) is 0.391. The lowest BCUT2D eigenvalue weighted by Gasteiger charge is -2.41. The smallest absolute Gasteiger partial charge is 0.319 e. The lowest BCUT2D eigenvalue weighted by Crippen LogP contribution is -2.53. The maximum Gasteiger partial charge on any atom is 0.319 e. The van der Waals surface area contributed by atoms with Crippen molar-refractivity contribution in [2.45, 2.75) is 37.7 Å². The van der Waals surface area contributed by atoms with E-state index in [0.717, 1.165) is 24.9 Å². The van der Waals surface area contributed by atoms with E-state index in [9.17, 15) is 14.7 Å². The van der Waals surface area contributed by atoms with Crippen LogP contribution in [-0.2, 0) is 11.2 Å². The first-order valence-corrected chi connectivity index (χ1v) is 9.89. The van der Waals surface area contributed by atoms with Gasteiger partial charge in [-0.15, -0.1) is 0 Å². The van der Waals surface area contributed by atoms with Gasteiger partial charge >= 0.3 is 6.03 Å². The molecule has 0 aliphatic carbocycles. The third kappa shape index (κ3) is 4.80. The van der Waals surface area contributed by atoms with Crippen LogP contribution in [-0.4, -0.2) is 77.6 Å². The van der Waals surface area contributed by atoms with Crippen LogP contribution in [0.15, 0.2) is 30.3 Å². The Bertz CT molecular complexity index is 654. The van der Waals surface area contributed by atoms with E-state index in [-0.39, 0.29) is 17.9 Å². The van der Waals surface area contributed by atoms with E-state index in [1.165, 1.54) is 0 Å². The number of urea groups is 1. The van der Waals surface area contributed by atoms with Crippen LogP contribution in [0.5, 0.6) is 0 Å². The molecule has 3 rings (SSSR count). The second-order valence-electron chi connectivity index (χ2n) is 8.17. The molecule has 2 fully saturated rings. The zero-order valence-corrected chi connectivity index (χ0v) is 16.4. The highest BCUT2D eigenvalue weighted by Crippen LogP contribution is 2.28. The van der Waals surface area contributed by atoms with Gasteiger partial charge < -0.3 is 19.8 Å². The highest BCUT2D eigenvalue weighted by molar-refractivity contribution is 5.81. The minimum atomic E-state index is -0.738. The number of piperidine rings is 2. The van der Waals surface area contributed by atoms with Crippen molar-refractivity contribution < 1.29 is 14.7 Å². The molecule has 2 aliphatic rings. The average Bonchev–Trinajstić information content (AvgIpc) is 2.68. The number of aliphatic hydroxyl groups is 1. The largest absolute Gasteiger partial charge is 0.389 e. The molecule has 6 nitrogen and oxygen atoms in total.